The van der Waals surface area contributed by atoms with Gasteiger partial charge in [0.15, 0.2) is 0 Å². The Hall–Kier alpha value is -1.26. The molecule has 1 saturated carbocycles. The molecule has 3 atom stereocenters. The summed E-state index contributed by atoms with van der Waals surface area (Å²) in [6, 6.07) is 7.95. The van der Waals surface area contributed by atoms with Crippen LogP contribution >= 0.6 is 12.4 Å². The molecular weight excluding hydrogens is 312 g/mol. The first kappa shape index (κ1) is 18.1. The predicted molar refractivity (Wildman–Crippen MR) is 93.8 cm³/mol. The van der Waals surface area contributed by atoms with Gasteiger partial charge in [-0.2, -0.15) is 0 Å². The van der Waals surface area contributed by atoms with Gasteiger partial charge in [-0.05, 0) is 38.7 Å². The van der Waals surface area contributed by atoms with Crippen LogP contribution < -0.4 is 15.8 Å². The minimum atomic E-state index is -0.186. The average Bonchev–Trinajstić information content (AvgIpc) is 2.93. The number of halogens is 1. The Balaban J connectivity index is 0.00000192. The zero-order valence-electron chi connectivity index (χ0n) is 13.9. The van der Waals surface area contributed by atoms with Gasteiger partial charge in [-0.25, -0.2) is 0 Å². The molecular formula is C18H27ClN2O2. The van der Waals surface area contributed by atoms with Gasteiger partial charge < -0.3 is 15.8 Å². The quantitative estimate of drug-likeness (QED) is 0.888. The zero-order valence-corrected chi connectivity index (χ0v) is 14.7. The van der Waals surface area contributed by atoms with E-state index in [-0.39, 0.29) is 41.9 Å². The molecule has 3 unspecified atom stereocenters. The molecule has 1 fully saturated rings. The highest BCUT2D eigenvalue weighted by Gasteiger charge is 2.43. The monoisotopic (exact) mass is 338 g/mol. The molecule has 4 nitrogen and oxygen atoms in total. The summed E-state index contributed by atoms with van der Waals surface area (Å²) >= 11 is 0. The molecule has 0 radical (unpaired) electrons. The molecule has 1 aliphatic carbocycles. The van der Waals surface area contributed by atoms with Gasteiger partial charge in [-0.15, -0.1) is 12.4 Å². The number of ether oxygens (including phenoxy) is 1. The Kier molecular flexibility index (Phi) is 5.58. The minimum Gasteiger partial charge on any atom is -0.487 e. The summed E-state index contributed by atoms with van der Waals surface area (Å²) in [6.07, 6.45) is 5.44. The van der Waals surface area contributed by atoms with Crippen LogP contribution in [0.3, 0.4) is 0 Å². The summed E-state index contributed by atoms with van der Waals surface area (Å²) in [6.45, 7) is 3.76. The molecule has 5 heteroatoms. The second kappa shape index (κ2) is 7.10. The van der Waals surface area contributed by atoms with Gasteiger partial charge in [0.25, 0.3) is 0 Å². The largest absolute Gasteiger partial charge is 0.487 e. The summed E-state index contributed by atoms with van der Waals surface area (Å²) in [7, 11) is 0. The topological polar surface area (TPSA) is 64.4 Å². The summed E-state index contributed by atoms with van der Waals surface area (Å²) < 4.78 is 6.32. The van der Waals surface area contributed by atoms with Gasteiger partial charge in [-0.3, -0.25) is 4.79 Å². The minimum absolute atomic E-state index is 0. The number of fused-ring (bicyclic) bond motifs is 1. The average molecular weight is 339 g/mol. The lowest BCUT2D eigenvalue weighted by Crippen LogP contribution is -2.46. The first-order chi connectivity index (χ1) is 10.5. The standard InChI is InChI=1S/C18H26N2O2.ClH/c1-12(13(2)19)17(21)20-15-11-18(9-5-6-10-18)22-16-8-4-3-7-14(15)16;/h3-4,7-8,12-13,15H,5-6,9-11,19H2,1-2H3,(H,20,21);1H. The summed E-state index contributed by atoms with van der Waals surface area (Å²) in [4.78, 5) is 12.4. The van der Waals surface area contributed by atoms with Crippen LogP contribution in [0.25, 0.3) is 0 Å². The van der Waals surface area contributed by atoms with E-state index in [2.05, 4.69) is 11.4 Å². The van der Waals surface area contributed by atoms with Crippen LogP contribution in [0.1, 0.15) is 57.6 Å². The molecule has 3 rings (SSSR count). The molecule has 1 heterocycles. The number of carbonyl (C=O) groups is 1. The fourth-order valence-corrected chi connectivity index (χ4v) is 3.61. The van der Waals surface area contributed by atoms with Gasteiger partial charge >= 0.3 is 0 Å². The Morgan fingerprint density at radius 3 is 2.61 bits per heavy atom. The fraction of sp³-hybridized carbons (Fsp3) is 0.611. The Labute approximate surface area is 144 Å². The summed E-state index contributed by atoms with van der Waals surface area (Å²) in [5.41, 5.74) is 6.86. The molecule has 0 saturated heterocycles. The lowest BCUT2D eigenvalue weighted by Gasteiger charge is -2.40. The van der Waals surface area contributed by atoms with E-state index in [1.807, 2.05) is 32.0 Å². The number of benzene rings is 1. The number of nitrogens with two attached hydrogens (primary N) is 1. The van der Waals surface area contributed by atoms with E-state index in [9.17, 15) is 4.79 Å². The number of rotatable bonds is 3. The second-order valence-electron chi connectivity index (χ2n) is 6.94. The van der Waals surface area contributed by atoms with Gasteiger partial charge in [0.1, 0.15) is 11.4 Å². The molecule has 128 valence electrons. The molecule has 2 aliphatic rings. The van der Waals surface area contributed by atoms with Crippen molar-refractivity contribution < 1.29 is 9.53 Å². The highest BCUT2D eigenvalue weighted by Crippen LogP contribution is 2.47. The zero-order chi connectivity index (χ0) is 15.7. The van der Waals surface area contributed by atoms with Gasteiger partial charge in [0.2, 0.25) is 5.91 Å². The highest BCUT2D eigenvalue weighted by atomic mass is 35.5. The molecule has 1 aromatic rings. The summed E-state index contributed by atoms with van der Waals surface area (Å²) in [5, 5.41) is 3.21. The summed E-state index contributed by atoms with van der Waals surface area (Å²) in [5.74, 6) is 0.772. The SMILES string of the molecule is CC(N)C(C)C(=O)NC1CC2(CCCC2)Oc2ccccc21.Cl. The number of para-hydroxylation sites is 1. The first-order valence-electron chi connectivity index (χ1n) is 8.35. The van der Waals surface area contributed by atoms with Crippen molar-refractivity contribution in [1.82, 2.24) is 5.32 Å². The molecule has 1 aliphatic heterocycles. The van der Waals surface area contributed by atoms with E-state index in [1.54, 1.807) is 0 Å². The highest BCUT2D eigenvalue weighted by molar-refractivity contribution is 5.85. The van der Waals surface area contributed by atoms with Crippen molar-refractivity contribution >= 4 is 18.3 Å². The molecule has 3 N–H and O–H groups in total. The molecule has 0 aromatic heterocycles. The third-order valence-corrected chi connectivity index (χ3v) is 5.23. The van der Waals surface area contributed by atoms with Gasteiger partial charge in [0, 0.05) is 23.9 Å². The third kappa shape index (κ3) is 3.64. The number of hydrogen-bond donors (Lipinski definition) is 2. The van der Waals surface area contributed by atoms with E-state index in [0.717, 1.165) is 30.6 Å². The van der Waals surface area contributed by atoms with Crippen molar-refractivity contribution in [3.8, 4) is 5.75 Å². The van der Waals surface area contributed by atoms with Crippen LogP contribution in [0.4, 0.5) is 0 Å². The van der Waals surface area contributed by atoms with E-state index >= 15 is 0 Å². The Morgan fingerprint density at radius 1 is 1.30 bits per heavy atom. The van der Waals surface area contributed by atoms with Crippen LogP contribution in [-0.2, 0) is 4.79 Å². The fourth-order valence-electron chi connectivity index (χ4n) is 3.61. The van der Waals surface area contributed by atoms with Gasteiger partial charge in [-0.1, -0.05) is 25.1 Å². The van der Waals surface area contributed by atoms with E-state index in [4.69, 9.17) is 10.5 Å². The molecule has 1 aromatic carbocycles. The molecule has 0 bridgehead atoms. The maximum absolute atomic E-state index is 12.4. The van der Waals surface area contributed by atoms with Crippen LogP contribution in [0, 0.1) is 5.92 Å². The number of nitrogens with one attached hydrogen (secondary N) is 1. The van der Waals surface area contributed by atoms with Crippen molar-refractivity contribution in [2.75, 3.05) is 0 Å². The smallest absolute Gasteiger partial charge is 0.224 e. The first-order valence-corrected chi connectivity index (χ1v) is 8.35. The van der Waals surface area contributed by atoms with Crippen molar-refractivity contribution in [2.24, 2.45) is 11.7 Å². The maximum atomic E-state index is 12.4. The third-order valence-electron chi connectivity index (χ3n) is 5.23. The van der Waals surface area contributed by atoms with E-state index in [1.165, 1.54) is 12.8 Å². The maximum Gasteiger partial charge on any atom is 0.224 e. The second-order valence-corrected chi connectivity index (χ2v) is 6.94. The molecule has 1 spiro atoms. The van der Waals surface area contributed by atoms with Crippen LogP contribution in [0.5, 0.6) is 5.75 Å². The van der Waals surface area contributed by atoms with E-state index in [0.29, 0.717) is 0 Å². The number of carbonyl (C=O) groups excluding carboxylic acids is 1. The van der Waals surface area contributed by atoms with E-state index < -0.39 is 0 Å². The lowest BCUT2D eigenvalue weighted by molar-refractivity contribution is -0.126. The molecule has 1 amide bonds. The lowest BCUT2D eigenvalue weighted by atomic mass is 9.85. The van der Waals surface area contributed by atoms with Crippen LogP contribution in [-0.4, -0.2) is 17.6 Å². The number of amides is 1. The number of hydrogen-bond acceptors (Lipinski definition) is 3. The van der Waals surface area contributed by atoms with Crippen molar-refractivity contribution in [3.63, 3.8) is 0 Å². The predicted octanol–water partition coefficient (Wildman–Crippen LogP) is 3.34. The van der Waals surface area contributed by atoms with Crippen LogP contribution in [0.2, 0.25) is 0 Å². The Morgan fingerprint density at radius 2 is 1.96 bits per heavy atom. The van der Waals surface area contributed by atoms with Crippen molar-refractivity contribution in [2.45, 2.75) is 63.6 Å². The van der Waals surface area contributed by atoms with Gasteiger partial charge in [0.05, 0.1) is 6.04 Å². The molecule has 23 heavy (non-hydrogen) atoms. The van der Waals surface area contributed by atoms with Crippen molar-refractivity contribution in [3.05, 3.63) is 29.8 Å². The van der Waals surface area contributed by atoms with Crippen LogP contribution in [0.15, 0.2) is 24.3 Å². The van der Waals surface area contributed by atoms with Crippen molar-refractivity contribution in [1.29, 1.82) is 0 Å². The normalized spacial score (nSPS) is 24.0. The Bertz CT molecular complexity index is 556.